The van der Waals surface area contributed by atoms with Gasteiger partial charge in [-0.1, -0.05) is 30.7 Å². The van der Waals surface area contributed by atoms with E-state index < -0.39 is 0 Å². The van der Waals surface area contributed by atoms with Gasteiger partial charge in [-0.3, -0.25) is 14.5 Å². The molecule has 0 spiro atoms. The van der Waals surface area contributed by atoms with Gasteiger partial charge in [0.25, 0.3) is 11.1 Å². The summed E-state index contributed by atoms with van der Waals surface area (Å²) in [6.45, 7) is 2.40. The molecule has 2 aromatic rings. The fraction of sp³-hybridized carbons (Fsp3) is 0.238. The average molecular weight is 436 g/mol. The number of ether oxygens (including phenoxy) is 2. The molecule has 152 valence electrons. The lowest BCUT2D eigenvalue weighted by Crippen LogP contribution is -2.28. The SMILES string of the molecule is CCCN1C(=O)S/C(=C/c2cc(Cl)c(OCc3cccc(F)c3)c(OC)c2)C1=O. The summed E-state index contributed by atoms with van der Waals surface area (Å²) in [7, 11) is 1.47. The third-order valence-electron chi connectivity index (χ3n) is 4.14. The summed E-state index contributed by atoms with van der Waals surface area (Å²) < 4.78 is 24.4. The molecule has 8 heteroatoms. The van der Waals surface area contributed by atoms with Crippen LogP contribution in [0.4, 0.5) is 9.18 Å². The third kappa shape index (κ3) is 4.92. The van der Waals surface area contributed by atoms with Crippen LogP contribution in [0, 0.1) is 5.82 Å². The van der Waals surface area contributed by atoms with Gasteiger partial charge < -0.3 is 9.47 Å². The van der Waals surface area contributed by atoms with Crippen LogP contribution in [0.3, 0.4) is 0 Å². The summed E-state index contributed by atoms with van der Waals surface area (Å²) in [5.41, 5.74) is 1.25. The normalized spacial score (nSPS) is 15.3. The molecule has 0 saturated carbocycles. The molecule has 5 nitrogen and oxygen atoms in total. The van der Waals surface area contributed by atoms with Crippen LogP contribution in [0.5, 0.6) is 11.5 Å². The van der Waals surface area contributed by atoms with E-state index in [1.807, 2.05) is 6.92 Å². The molecule has 2 aromatic carbocycles. The molecule has 1 heterocycles. The van der Waals surface area contributed by atoms with E-state index >= 15 is 0 Å². The first-order chi connectivity index (χ1) is 13.9. The number of halogens is 2. The maximum absolute atomic E-state index is 13.3. The second kappa shape index (κ2) is 9.33. The van der Waals surface area contributed by atoms with E-state index in [4.69, 9.17) is 21.1 Å². The summed E-state index contributed by atoms with van der Waals surface area (Å²) in [5, 5.41) is -0.00371. The van der Waals surface area contributed by atoms with E-state index in [1.54, 1.807) is 30.3 Å². The molecule has 3 rings (SSSR count). The van der Waals surface area contributed by atoms with Crippen LogP contribution < -0.4 is 9.47 Å². The zero-order valence-corrected chi connectivity index (χ0v) is 17.5. The van der Waals surface area contributed by atoms with E-state index in [1.165, 1.54) is 24.1 Å². The van der Waals surface area contributed by atoms with Gasteiger partial charge in [-0.15, -0.1) is 0 Å². The Labute approximate surface area is 177 Å². The van der Waals surface area contributed by atoms with Crippen molar-refractivity contribution in [2.75, 3.05) is 13.7 Å². The maximum Gasteiger partial charge on any atom is 0.293 e. The standard InChI is InChI=1S/C21H19ClFNO4S/c1-3-7-24-20(25)18(29-21(24)26)11-14-9-16(22)19(17(10-14)27-2)28-12-13-5-4-6-15(23)8-13/h4-6,8-11H,3,7,12H2,1-2H3/b18-11+. The molecule has 0 atom stereocenters. The minimum atomic E-state index is -0.350. The molecule has 0 radical (unpaired) electrons. The summed E-state index contributed by atoms with van der Waals surface area (Å²) in [6.07, 6.45) is 2.30. The number of carbonyl (C=O) groups is 2. The van der Waals surface area contributed by atoms with Crippen LogP contribution in [-0.4, -0.2) is 29.7 Å². The number of hydrogen-bond acceptors (Lipinski definition) is 5. The second-order valence-electron chi connectivity index (χ2n) is 6.29. The number of hydrogen-bond donors (Lipinski definition) is 0. The number of carbonyl (C=O) groups excluding carboxylic acids is 2. The van der Waals surface area contributed by atoms with Crippen LogP contribution in [0.25, 0.3) is 6.08 Å². The smallest absolute Gasteiger partial charge is 0.293 e. The topological polar surface area (TPSA) is 55.8 Å². The zero-order chi connectivity index (χ0) is 21.0. The Bertz CT molecular complexity index is 979. The van der Waals surface area contributed by atoms with Crippen molar-refractivity contribution in [3.05, 3.63) is 63.3 Å². The Morgan fingerprint density at radius 1 is 1.24 bits per heavy atom. The molecular weight excluding hydrogens is 417 g/mol. The minimum absolute atomic E-state index is 0.114. The van der Waals surface area contributed by atoms with Gasteiger partial charge in [-0.25, -0.2) is 4.39 Å². The predicted octanol–water partition coefficient (Wildman–Crippen LogP) is 5.51. The van der Waals surface area contributed by atoms with Crippen LogP contribution in [0.15, 0.2) is 41.3 Å². The van der Waals surface area contributed by atoms with Crippen molar-refractivity contribution in [2.45, 2.75) is 20.0 Å². The van der Waals surface area contributed by atoms with E-state index in [0.29, 0.717) is 40.5 Å². The fourth-order valence-electron chi connectivity index (χ4n) is 2.81. The maximum atomic E-state index is 13.3. The fourth-order valence-corrected chi connectivity index (χ4v) is 3.95. The summed E-state index contributed by atoms with van der Waals surface area (Å²) >= 11 is 7.26. The van der Waals surface area contributed by atoms with Gasteiger partial charge >= 0.3 is 0 Å². The molecule has 1 fully saturated rings. The number of benzene rings is 2. The molecule has 0 aromatic heterocycles. The predicted molar refractivity (Wildman–Crippen MR) is 112 cm³/mol. The Morgan fingerprint density at radius 3 is 2.72 bits per heavy atom. The largest absolute Gasteiger partial charge is 0.493 e. The zero-order valence-electron chi connectivity index (χ0n) is 15.9. The first-order valence-electron chi connectivity index (χ1n) is 8.93. The molecule has 29 heavy (non-hydrogen) atoms. The van der Waals surface area contributed by atoms with Crippen LogP contribution in [0.2, 0.25) is 5.02 Å². The number of methoxy groups -OCH3 is 1. The summed E-state index contributed by atoms with van der Waals surface area (Å²) in [6, 6.07) is 9.36. The molecule has 0 N–H and O–H groups in total. The van der Waals surface area contributed by atoms with Crippen LogP contribution in [0.1, 0.15) is 24.5 Å². The lowest BCUT2D eigenvalue weighted by molar-refractivity contribution is -0.122. The highest BCUT2D eigenvalue weighted by Gasteiger charge is 2.34. The first-order valence-corrected chi connectivity index (χ1v) is 10.1. The summed E-state index contributed by atoms with van der Waals surface area (Å²) in [5.74, 6) is 0.0162. The van der Waals surface area contributed by atoms with Gasteiger partial charge in [0.2, 0.25) is 0 Å². The van der Waals surface area contributed by atoms with Crippen molar-refractivity contribution in [1.29, 1.82) is 0 Å². The van der Waals surface area contributed by atoms with E-state index in [2.05, 4.69) is 0 Å². The van der Waals surface area contributed by atoms with E-state index in [0.717, 1.165) is 11.8 Å². The lowest BCUT2D eigenvalue weighted by atomic mass is 10.1. The number of thioether (sulfide) groups is 1. The molecular formula is C21H19ClFNO4S. The molecule has 0 aliphatic carbocycles. The molecule has 1 aliphatic rings. The van der Waals surface area contributed by atoms with Crippen molar-refractivity contribution >= 4 is 40.6 Å². The molecule has 2 amide bonds. The molecule has 0 unspecified atom stereocenters. The second-order valence-corrected chi connectivity index (χ2v) is 7.69. The van der Waals surface area contributed by atoms with Gasteiger partial charge in [0.05, 0.1) is 17.0 Å². The van der Waals surface area contributed by atoms with Gasteiger partial charge in [0.1, 0.15) is 12.4 Å². The van der Waals surface area contributed by atoms with Gasteiger partial charge in [-0.05, 0) is 59.7 Å². The Morgan fingerprint density at radius 2 is 2.03 bits per heavy atom. The number of imide groups is 1. The first kappa shape index (κ1) is 21.2. The third-order valence-corrected chi connectivity index (χ3v) is 5.33. The monoisotopic (exact) mass is 435 g/mol. The van der Waals surface area contributed by atoms with Crippen molar-refractivity contribution in [1.82, 2.24) is 4.90 Å². The Kier molecular flexibility index (Phi) is 6.82. The molecule has 0 bridgehead atoms. The van der Waals surface area contributed by atoms with Crippen molar-refractivity contribution in [3.63, 3.8) is 0 Å². The lowest BCUT2D eigenvalue weighted by Gasteiger charge is -2.14. The van der Waals surface area contributed by atoms with Crippen LogP contribution >= 0.6 is 23.4 Å². The Balaban J connectivity index is 1.83. The quantitative estimate of drug-likeness (QED) is 0.536. The van der Waals surface area contributed by atoms with E-state index in [-0.39, 0.29) is 28.6 Å². The highest BCUT2D eigenvalue weighted by atomic mass is 35.5. The number of rotatable bonds is 7. The van der Waals surface area contributed by atoms with Crippen LogP contribution in [-0.2, 0) is 11.4 Å². The van der Waals surface area contributed by atoms with Crippen molar-refractivity contribution < 1.29 is 23.5 Å². The molecule has 1 saturated heterocycles. The number of nitrogens with zero attached hydrogens (tertiary/aromatic N) is 1. The van der Waals surface area contributed by atoms with E-state index in [9.17, 15) is 14.0 Å². The van der Waals surface area contributed by atoms with Gasteiger partial charge in [0, 0.05) is 6.54 Å². The molecule has 1 aliphatic heterocycles. The average Bonchev–Trinajstić information content (AvgIpc) is 2.94. The highest BCUT2D eigenvalue weighted by molar-refractivity contribution is 8.18. The van der Waals surface area contributed by atoms with Crippen molar-refractivity contribution in [3.8, 4) is 11.5 Å². The summed E-state index contributed by atoms with van der Waals surface area (Å²) in [4.78, 5) is 25.9. The van der Waals surface area contributed by atoms with Crippen molar-refractivity contribution in [2.24, 2.45) is 0 Å². The minimum Gasteiger partial charge on any atom is -0.493 e. The Hall–Kier alpha value is -2.51. The highest BCUT2D eigenvalue weighted by Crippen LogP contribution is 2.39. The van der Waals surface area contributed by atoms with Gasteiger partial charge in [-0.2, -0.15) is 0 Å². The van der Waals surface area contributed by atoms with Gasteiger partial charge in [0.15, 0.2) is 11.5 Å². The number of amides is 2.